The molecule has 1 unspecified atom stereocenters. The topological polar surface area (TPSA) is 91.9 Å². The number of rotatable bonds is 11. The summed E-state index contributed by atoms with van der Waals surface area (Å²) in [6, 6.07) is 5.07. The summed E-state index contributed by atoms with van der Waals surface area (Å²) in [4.78, 5) is 50.8. The van der Waals surface area contributed by atoms with Gasteiger partial charge in [0.2, 0.25) is 5.78 Å². The van der Waals surface area contributed by atoms with Crippen LogP contribution < -0.4 is 0 Å². The number of halogens is 2. The van der Waals surface area contributed by atoms with Gasteiger partial charge in [-0.3, -0.25) is 29.0 Å². The van der Waals surface area contributed by atoms with Crippen molar-refractivity contribution in [2.75, 3.05) is 85.4 Å². The third kappa shape index (κ3) is 7.86. The van der Waals surface area contributed by atoms with E-state index >= 15 is 0 Å². The molecule has 10 nitrogen and oxygen atoms in total. The number of amides is 2. The Morgan fingerprint density at radius 2 is 1.59 bits per heavy atom. The summed E-state index contributed by atoms with van der Waals surface area (Å²) in [5.74, 6) is -2.93. The molecule has 0 aliphatic carbocycles. The van der Waals surface area contributed by atoms with E-state index in [4.69, 9.17) is 37.5 Å². The van der Waals surface area contributed by atoms with Gasteiger partial charge in [0.05, 0.1) is 49.6 Å². The van der Waals surface area contributed by atoms with Crippen LogP contribution >= 0.6 is 23.2 Å². The Balaban J connectivity index is 1.37. The number of ketones is 1. The lowest BCUT2D eigenvalue weighted by Crippen LogP contribution is -2.42. The number of hydrogen-bond acceptors (Lipinski definition) is 8. The predicted octanol–water partition coefficient (Wildman–Crippen LogP) is 1.34. The number of likely N-dealkylation sites (tertiary alicyclic amines) is 1. The number of nitrogens with zero attached hydrogens (tertiary/aromatic N) is 4. The highest BCUT2D eigenvalue weighted by Gasteiger charge is 2.45. The highest BCUT2D eigenvalue weighted by molar-refractivity contribution is 6.42. The Hall–Kier alpha value is -1.79. The largest absolute Gasteiger partial charge is 0.379 e. The first-order valence-corrected chi connectivity index (χ1v) is 13.5. The SMILES string of the molecule is O=C1C(=O)N(CCN2CCOCC2)CC1C(=O)N(Cc1ccc(Cl)c(Cl)c1)OCCCN1CCOCC1. The predicted molar refractivity (Wildman–Crippen MR) is 137 cm³/mol. The van der Waals surface area contributed by atoms with Gasteiger partial charge in [-0.2, -0.15) is 0 Å². The minimum Gasteiger partial charge on any atom is -0.379 e. The van der Waals surface area contributed by atoms with Crippen LogP contribution in [0.4, 0.5) is 0 Å². The average molecular weight is 557 g/mol. The van der Waals surface area contributed by atoms with E-state index in [0.717, 1.165) is 32.7 Å². The summed E-state index contributed by atoms with van der Waals surface area (Å²) < 4.78 is 10.7. The molecule has 3 aliphatic rings. The van der Waals surface area contributed by atoms with Crippen molar-refractivity contribution in [1.29, 1.82) is 0 Å². The normalized spacial score (nSPS) is 21.6. The molecule has 0 bridgehead atoms. The number of carbonyl (C=O) groups excluding carboxylic acids is 3. The van der Waals surface area contributed by atoms with Crippen LogP contribution in [0.2, 0.25) is 10.0 Å². The van der Waals surface area contributed by atoms with Gasteiger partial charge in [-0.05, 0) is 24.1 Å². The second kappa shape index (κ2) is 13.8. The maximum atomic E-state index is 13.5. The van der Waals surface area contributed by atoms with Crippen molar-refractivity contribution in [3.05, 3.63) is 33.8 Å². The Kier molecular flexibility index (Phi) is 10.6. The van der Waals surface area contributed by atoms with Crippen LogP contribution in [0.3, 0.4) is 0 Å². The lowest BCUT2D eigenvalue weighted by molar-refractivity contribution is -0.195. The van der Waals surface area contributed by atoms with Crippen LogP contribution in [-0.4, -0.2) is 123 Å². The third-order valence-corrected chi connectivity index (χ3v) is 7.57. The van der Waals surface area contributed by atoms with Crippen molar-refractivity contribution >= 4 is 40.8 Å². The zero-order valence-electron chi connectivity index (χ0n) is 20.9. The zero-order chi connectivity index (χ0) is 26.2. The molecule has 0 aromatic heterocycles. The van der Waals surface area contributed by atoms with E-state index in [1.54, 1.807) is 18.2 Å². The summed E-state index contributed by atoms with van der Waals surface area (Å²) in [6.07, 6.45) is 0.703. The molecule has 1 aromatic rings. The number of Topliss-reactive ketones (excluding diaryl/α,β-unsaturated/α-hetero) is 1. The third-order valence-electron chi connectivity index (χ3n) is 6.83. The number of hydrogen-bond donors (Lipinski definition) is 0. The van der Waals surface area contributed by atoms with Gasteiger partial charge in [-0.25, -0.2) is 5.06 Å². The Morgan fingerprint density at radius 3 is 2.24 bits per heavy atom. The minimum absolute atomic E-state index is 0.0514. The van der Waals surface area contributed by atoms with Crippen LogP contribution in [0.5, 0.6) is 0 Å². The molecule has 2 amide bonds. The van der Waals surface area contributed by atoms with Gasteiger partial charge in [-0.15, -0.1) is 0 Å². The van der Waals surface area contributed by atoms with Gasteiger partial charge in [0.1, 0.15) is 5.92 Å². The molecule has 3 aliphatic heterocycles. The summed E-state index contributed by atoms with van der Waals surface area (Å²) in [5.41, 5.74) is 0.705. The van der Waals surface area contributed by atoms with Crippen LogP contribution in [0, 0.1) is 5.92 Å². The fraction of sp³-hybridized carbons (Fsp3) is 0.640. The summed E-state index contributed by atoms with van der Waals surface area (Å²) in [5, 5.41) is 1.96. The van der Waals surface area contributed by atoms with Crippen molar-refractivity contribution < 1.29 is 28.7 Å². The van der Waals surface area contributed by atoms with Crippen molar-refractivity contribution in [2.45, 2.75) is 13.0 Å². The standard InChI is InChI=1S/C25H34Cl2N4O6/c26-21-3-2-19(16-22(21)27)17-31(37-11-1-4-28-7-12-35-13-8-28)24(33)20-18-30(25(34)23(20)32)6-5-29-9-14-36-15-10-29/h2-3,16,20H,1,4-15,17-18H2. The maximum absolute atomic E-state index is 13.5. The van der Waals surface area contributed by atoms with Crippen LogP contribution in [0.1, 0.15) is 12.0 Å². The molecule has 0 saturated carbocycles. The van der Waals surface area contributed by atoms with Gasteiger partial charge < -0.3 is 14.4 Å². The molecule has 1 aromatic carbocycles. The van der Waals surface area contributed by atoms with E-state index in [1.807, 2.05) is 0 Å². The van der Waals surface area contributed by atoms with Crippen molar-refractivity contribution in [3.63, 3.8) is 0 Å². The van der Waals surface area contributed by atoms with E-state index in [1.165, 1.54) is 9.96 Å². The summed E-state index contributed by atoms with van der Waals surface area (Å²) in [6.45, 7) is 8.30. The summed E-state index contributed by atoms with van der Waals surface area (Å²) >= 11 is 12.2. The molecular weight excluding hydrogens is 523 g/mol. The first kappa shape index (κ1) is 28.2. The summed E-state index contributed by atoms with van der Waals surface area (Å²) in [7, 11) is 0. The van der Waals surface area contributed by atoms with Gasteiger partial charge >= 0.3 is 0 Å². The smallest absolute Gasteiger partial charge is 0.290 e. The minimum atomic E-state index is -1.10. The Bertz CT molecular complexity index is 955. The van der Waals surface area contributed by atoms with Crippen LogP contribution in [0.25, 0.3) is 0 Å². The second-order valence-corrected chi connectivity index (χ2v) is 10.2. The van der Waals surface area contributed by atoms with E-state index in [2.05, 4.69) is 9.80 Å². The van der Waals surface area contributed by atoms with Gasteiger partial charge in [0.25, 0.3) is 11.8 Å². The first-order valence-electron chi connectivity index (χ1n) is 12.7. The quantitative estimate of drug-likeness (QED) is 0.174. The second-order valence-electron chi connectivity index (χ2n) is 9.39. The molecule has 1 atom stereocenters. The first-order chi connectivity index (χ1) is 17.9. The molecule has 0 N–H and O–H groups in total. The number of morpholine rings is 2. The highest BCUT2D eigenvalue weighted by atomic mass is 35.5. The number of ether oxygens (including phenoxy) is 2. The molecule has 3 heterocycles. The zero-order valence-corrected chi connectivity index (χ0v) is 22.4. The van der Waals surface area contributed by atoms with E-state index in [-0.39, 0.29) is 13.1 Å². The lowest BCUT2D eigenvalue weighted by Gasteiger charge is -2.28. The van der Waals surface area contributed by atoms with Crippen molar-refractivity contribution in [3.8, 4) is 0 Å². The maximum Gasteiger partial charge on any atom is 0.290 e. The van der Waals surface area contributed by atoms with Gasteiger partial charge in [0.15, 0.2) is 0 Å². The lowest BCUT2D eigenvalue weighted by atomic mass is 10.1. The number of hydroxylamine groups is 2. The van der Waals surface area contributed by atoms with Gasteiger partial charge in [0, 0.05) is 52.4 Å². The molecule has 12 heteroatoms. The van der Waals surface area contributed by atoms with Crippen LogP contribution in [-0.2, 0) is 35.2 Å². The average Bonchev–Trinajstić information content (AvgIpc) is 3.20. The molecule has 204 valence electrons. The Morgan fingerprint density at radius 1 is 0.946 bits per heavy atom. The molecule has 3 fully saturated rings. The van der Waals surface area contributed by atoms with E-state index < -0.39 is 23.5 Å². The molecular formula is C25H34Cl2N4O6. The fourth-order valence-electron chi connectivity index (χ4n) is 4.61. The molecule has 0 spiro atoms. The van der Waals surface area contributed by atoms with Crippen molar-refractivity contribution in [1.82, 2.24) is 19.8 Å². The van der Waals surface area contributed by atoms with Crippen molar-refractivity contribution in [2.24, 2.45) is 5.92 Å². The van der Waals surface area contributed by atoms with E-state index in [0.29, 0.717) is 68.2 Å². The number of benzene rings is 1. The Labute approximate surface area is 227 Å². The molecule has 4 rings (SSSR count). The molecule has 37 heavy (non-hydrogen) atoms. The monoisotopic (exact) mass is 556 g/mol. The van der Waals surface area contributed by atoms with Crippen LogP contribution in [0.15, 0.2) is 18.2 Å². The molecule has 3 saturated heterocycles. The number of carbonyl (C=O) groups is 3. The molecule has 0 radical (unpaired) electrons. The van der Waals surface area contributed by atoms with E-state index in [9.17, 15) is 14.4 Å². The fourth-order valence-corrected chi connectivity index (χ4v) is 4.93. The highest BCUT2D eigenvalue weighted by Crippen LogP contribution is 2.25. The van der Waals surface area contributed by atoms with Gasteiger partial charge in [-0.1, -0.05) is 29.3 Å².